The third-order valence-corrected chi connectivity index (χ3v) is 7.37. The van der Waals surface area contributed by atoms with Gasteiger partial charge in [-0.05, 0) is 16.7 Å². The zero-order valence-electron chi connectivity index (χ0n) is 21.4. The van der Waals surface area contributed by atoms with Crippen LogP contribution < -0.4 is 0 Å². The summed E-state index contributed by atoms with van der Waals surface area (Å²) in [6.45, 7) is 0. The highest BCUT2D eigenvalue weighted by molar-refractivity contribution is 6.28. The van der Waals surface area contributed by atoms with Gasteiger partial charge in [-0.1, -0.05) is 84.9 Å². The SMILES string of the molecule is FC(F)(F)C(F)(F)C(F)(F)C(F)(F)C(F)(F)C(F)(F)C(F)(F)C(F)(F)c1ccc(C(Cl)(c2ccccc2)c2ccccc2)cc1. The first-order chi connectivity index (χ1) is 20.2. The summed E-state index contributed by atoms with van der Waals surface area (Å²) in [5, 5.41) is 0. The van der Waals surface area contributed by atoms with Crippen LogP contribution in [0.5, 0.6) is 0 Å². The summed E-state index contributed by atoms with van der Waals surface area (Å²) in [5.41, 5.74) is -2.09. The molecule has 0 aliphatic carbocycles. The third-order valence-electron chi connectivity index (χ3n) is 6.71. The summed E-state index contributed by atoms with van der Waals surface area (Å²) in [5.74, 6) is -57.0. The topological polar surface area (TPSA) is 0 Å². The lowest BCUT2D eigenvalue weighted by atomic mass is 9.83. The Kier molecular flexibility index (Phi) is 8.80. The van der Waals surface area contributed by atoms with E-state index in [9.17, 15) is 74.6 Å². The molecule has 0 spiro atoms. The number of hydrogen-bond donors (Lipinski definition) is 0. The van der Waals surface area contributed by atoms with E-state index in [2.05, 4.69) is 0 Å². The first kappa shape index (κ1) is 36.2. The summed E-state index contributed by atoms with van der Waals surface area (Å²) in [4.78, 5) is -1.81. The van der Waals surface area contributed by atoms with E-state index in [1.54, 1.807) is 0 Å². The molecule has 0 amide bonds. The summed E-state index contributed by atoms with van der Waals surface area (Å²) in [6.07, 6.45) is -7.81. The first-order valence-electron chi connectivity index (χ1n) is 11.8. The smallest absolute Gasteiger partial charge is 0.194 e. The normalized spacial score (nSPS) is 14.9. The Bertz CT molecular complexity index is 1430. The molecule has 0 saturated carbocycles. The second-order valence-corrected chi connectivity index (χ2v) is 10.1. The third kappa shape index (κ3) is 5.08. The van der Waals surface area contributed by atoms with Gasteiger partial charge in [0.2, 0.25) is 0 Å². The van der Waals surface area contributed by atoms with Gasteiger partial charge in [-0.25, -0.2) is 0 Å². The van der Waals surface area contributed by atoms with Crippen molar-refractivity contribution in [2.24, 2.45) is 0 Å². The quantitative estimate of drug-likeness (QED) is 0.112. The summed E-state index contributed by atoms with van der Waals surface area (Å²) < 4.78 is 232. The van der Waals surface area contributed by atoms with Gasteiger partial charge >= 0.3 is 47.6 Å². The summed E-state index contributed by atoms with van der Waals surface area (Å²) in [6, 6.07) is 15.6. The van der Waals surface area contributed by atoms with Gasteiger partial charge in [0.15, 0.2) is 0 Å². The van der Waals surface area contributed by atoms with Crippen LogP contribution >= 0.6 is 11.6 Å². The van der Waals surface area contributed by atoms with Crippen LogP contribution in [0.4, 0.5) is 74.6 Å². The van der Waals surface area contributed by atoms with Crippen LogP contribution in [0.2, 0.25) is 0 Å². The van der Waals surface area contributed by atoms with Crippen molar-refractivity contribution in [3.63, 3.8) is 0 Å². The van der Waals surface area contributed by atoms with Crippen molar-refractivity contribution in [1.29, 1.82) is 0 Å². The molecule has 0 aliphatic rings. The lowest BCUT2D eigenvalue weighted by Crippen LogP contribution is -2.74. The van der Waals surface area contributed by atoms with E-state index in [-0.39, 0.29) is 28.8 Å². The molecule has 0 atom stereocenters. The van der Waals surface area contributed by atoms with Crippen molar-refractivity contribution < 1.29 is 74.6 Å². The van der Waals surface area contributed by atoms with E-state index in [0.29, 0.717) is 12.1 Å². The fourth-order valence-electron chi connectivity index (χ4n) is 4.09. The van der Waals surface area contributed by atoms with E-state index in [1.165, 1.54) is 60.7 Å². The van der Waals surface area contributed by atoms with Crippen molar-refractivity contribution in [2.75, 3.05) is 0 Å². The minimum absolute atomic E-state index is 0.0783. The second-order valence-electron chi connectivity index (χ2n) is 9.49. The molecule has 0 aliphatic heterocycles. The Labute approximate surface area is 246 Å². The molecule has 0 heterocycles. The molecule has 0 unspecified atom stereocenters. The minimum atomic E-state index is -8.69. The molecule has 0 nitrogen and oxygen atoms in total. The van der Waals surface area contributed by atoms with Crippen LogP contribution in [-0.4, -0.2) is 41.7 Å². The number of hydrogen-bond acceptors (Lipinski definition) is 0. The summed E-state index contributed by atoms with van der Waals surface area (Å²) >= 11 is 6.82. The van der Waals surface area contributed by atoms with Crippen LogP contribution in [0.3, 0.4) is 0 Å². The average molecular weight is 697 g/mol. The Hall–Kier alpha value is -3.24. The highest BCUT2D eigenvalue weighted by Gasteiger charge is 2.95. The first-order valence-corrected chi connectivity index (χ1v) is 12.2. The Morgan fingerprint density at radius 2 is 0.578 bits per heavy atom. The number of benzene rings is 3. The molecule has 0 saturated heterocycles. The van der Waals surface area contributed by atoms with Gasteiger partial charge in [-0.15, -0.1) is 11.6 Å². The van der Waals surface area contributed by atoms with Crippen LogP contribution in [0, 0.1) is 0 Å². The molecule has 18 heteroatoms. The van der Waals surface area contributed by atoms with Gasteiger partial charge in [0, 0.05) is 5.56 Å². The Morgan fingerprint density at radius 3 is 0.911 bits per heavy atom. The number of rotatable bonds is 10. The van der Waals surface area contributed by atoms with Crippen molar-refractivity contribution in [2.45, 2.75) is 52.5 Å². The zero-order chi connectivity index (χ0) is 34.7. The zero-order valence-corrected chi connectivity index (χ0v) is 22.1. The molecule has 3 aromatic rings. The van der Waals surface area contributed by atoms with Gasteiger partial charge in [0.05, 0.1) is 0 Å². The van der Waals surface area contributed by atoms with Crippen LogP contribution in [-0.2, 0) is 10.8 Å². The number of alkyl halides is 18. The molecule has 0 bridgehead atoms. The minimum Gasteiger partial charge on any atom is -0.194 e. The van der Waals surface area contributed by atoms with Crippen molar-refractivity contribution in [3.8, 4) is 0 Å². The van der Waals surface area contributed by atoms with E-state index in [4.69, 9.17) is 11.6 Å². The largest absolute Gasteiger partial charge is 0.460 e. The predicted octanol–water partition coefficient (Wildman–Crippen LogP) is 10.7. The highest BCUT2D eigenvalue weighted by atomic mass is 35.5. The maximum atomic E-state index is 14.8. The molecule has 45 heavy (non-hydrogen) atoms. The Morgan fingerprint density at radius 1 is 0.311 bits per heavy atom. The molecular formula is C27H14ClF17. The van der Waals surface area contributed by atoms with Crippen molar-refractivity contribution in [3.05, 3.63) is 107 Å². The monoisotopic (exact) mass is 696 g/mol. The molecule has 0 aromatic heterocycles. The van der Waals surface area contributed by atoms with E-state index >= 15 is 0 Å². The highest BCUT2D eigenvalue weighted by Crippen LogP contribution is 2.65. The van der Waals surface area contributed by atoms with Crippen LogP contribution in [0.25, 0.3) is 0 Å². The lowest BCUT2D eigenvalue weighted by Gasteiger charge is -2.42. The Balaban J connectivity index is 2.12. The molecule has 0 fully saturated rings. The fraction of sp³-hybridized carbons (Fsp3) is 0.333. The van der Waals surface area contributed by atoms with E-state index in [0.717, 1.165) is 0 Å². The van der Waals surface area contributed by atoms with E-state index in [1.807, 2.05) is 0 Å². The summed E-state index contributed by atoms with van der Waals surface area (Å²) in [7, 11) is 0. The van der Waals surface area contributed by atoms with Gasteiger partial charge in [0.25, 0.3) is 0 Å². The number of halogens is 18. The maximum Gasteiger partial charge on any atom is 0.460 e. The van der Waals surface area contributed by atoms with E-state index < -0.39 is 58.1 Å². The van der Waals surface area contributed by atoms with Crippen LogP contribution in [0.1, 0.15) is 22.3 Å². The molecule has 3 aromatic carbocycles. The van der Waals surface area contributed by atoms with Gasteiger partial charge in [0.1, 0.15) is 4.87 Å². The molecule has 3 rings (SSSR count). The van der Waals surface area contributed by atoms with Crippen molar-refractivity contribution in [1.82, 2.24) is 0 Å². The van der Waals surface area contributed by atoms with Gasteiger partial charge < -0.3 is 0 Å². The predicted molar refractivity (Wildman–Crippen MR) is 125 cm³/mol. The molecular weight excluding hydrogens is 683 g/mol. The standard InChI is InChI=1S/C27H14ClF17/c28-19(15-7-3-1-4-8-15,16-9-5-2-6-10-16)17-11-13-18(14-12-17)20(29,30)21(31,32)22(33,34)23(35,36)24(37,38)25(39,40)26(41,42)27(43,44)45/h1-14H. The molecule has 248 valence electrons. The molecule has 0 radical (unpaired) electrons. The fourth-order valence-corrected chi connectivity index (χ4v) is 4.47. The van der Waals surface area contributed by atoms with Crippen LogP contribution in [0.15, 0.2) is 84.9 Å². The van der Waals surface area contributed by atoms with Crippen molar-refractivity contribution >= 4 is 11.6 Å². The lowest BCUT2D eigenvalue weighted by molar-refractivity contribution is -0.462. The maximum absolute atomic E-state index is 14.8. The average Bonchev–Trinajstić information content (AvgIpc) is 2.96. The molecule has 0 N–H and O–H groups in total. The second kappa shape index (κ2) is 10.9. The van der Waals surface area contributed by atoms with Gasteiger partial charge in [-0.3, -0.25) is 0 Å². The van der Waals surface area contributed by atoms with Gasteiger partial charge in [-0.2, -0.15) is 74.6 Å².